The summed E-state index contributed by atoms with van der Waals surface area (Å²) in [6.45, 7) is 8.37. The van der Waals surface area contributed by atoms with Gasteiger partial charge in [0.1, 0.15) is 0 Å². The van der Waals surface area contributed by atoms with E-state index in [9.17, 15) is 4.79 Å². The number of hydrogen-bond acceptors (Lipinski definition) is 5. The van der Waals surface area contributed by atoms with Crippen molar-refractivity contribution in [2.24, 2.45) is 0 Å². The molecule has 162 valence electrons. The summed E-state index contributed by atoms with van der Waals surface area (Å²) in [6.07, 6.45) is 3.21. The maximum absolute atomic E-state index is 12.8. The minimum Gasteiger partial charge on any atom is -0.383 e. The lowest BCUT2D eigenvalue weighted by molar-refractivity contribution is -0.125. The highest BCUT2D eigenvalue weighted by molar-refractivity contribution is 6.30. The van der Waals surface area contributed by atoms with E-state index >= 15 is 0 Å². The van der Waals surface area contributed by atoms with E-state index in [1.807, 2.05) is 18.2 Å². The van der Waals surface area contributed by atoms with Crippen LogP contribution in [0.3, 0.4) is 0 Å². The van der Waals surface area contributed by atoms with Crippen LogP contribution >= 0.6 is 11.6 Å². The number of piperidine rings is 1. The summed E-state index contributed by atoms with van der Waals surface area (Å²) in [6, 6.07) is 8.68. The minimum absolute atomic E-state index is 0.0918. The number of methoxy groups -OCH3 is 1. The number of carbonyl (C=O) groups excluding carboxylic acids is 1. The number of nitrogens with one attached hydrogen (secondary N) is 2. The molecular formula is C22H35ClN4O2. The van der Waals surface area contributed by atoms with Crippen molar-refractivity contribution in [2.45, 2.75) is 50.9 Å². The maximum atomic E-state index is 12.8. The third-order valence-electron chi connectivity index (χ3n) is 6.09. The van der Waals surface area contributed by atoms with E-state index in [4.69, 9.17) is 16.3 Å². The molecule has 0 radical (unpaired) electrons. The molecule has 29 heavy (non-hydrogen) atoms. The zero-order valence-corrected chi connectivity index (χ0v) is 18.5. The molecule has 0 bridgehead atoms. The zero-order valence-electron chi connectivity index (χ0n) is 17.7. The predicted octanol–water partition coefficient (Wildman–Crippen LogP) is 2.12. The Morgan fingerprint density at radius 3 is 2.76 bits per heavy atom. The van der Waals surface area contributed by atoms with Crippen LogP contribution in [-0.2, 0) is 16.1 Å². The number of nitrogens with zero attached hydrogens (tertiary/aromatic N) is 2. The number of ether oxygens (including phenoxy) is 1. The fourth-order valence-electron chi connectivity index (χ4n) is 4.48. The third kappa shape index (κ3) is 6.66. The lowest BCUT2D eigenvalue weighted by Gasteiger charge is -2.33. The summed E-state index contributed by atoms with van der Waals surface area (Å²) in [5.74, 6) is 0.0918. The highest BCUT2D eigenvalue weighted by Gasteiger charge is 2.37. The average Bonchev–Trinajstić information content (AvgIpc) is 3.11. The maximum Gasteiger partial charge on any atom is 0.237 e. The SMILES string of the molecule is CCN1CCC(N[C@@H]2C[C@@H](C(=O)NCCOC)N(Cc3cccc(Cl)c3)C2)CC1. The summed E-state index contributed by atoms with van der Waals surface area (Å²) >= 11 is 6.17. The minimum atomic E-state index is -0.126. The molecule has 0 aliphatic carbocycles. The van der Waals surface area contributed by atoms with E-state index in [-0.39, 0.29) is 11.9 Å². The Balaban J connectivity index is 1.60. The van der Waals surface area contributed by atoms with Gasteiger partial charge in [-0.1, -0.05) is 30.7 Å². The fraction of sp³-hybridized carbons (Fsp3) is 0.682. The first-order valence-corrected chi connectivity index (χ1v) is 11.2. The van der Waals surface area contributed by atoms with Crippen molar-refractivity contribution in [1.82, 2.24) is 20.4 Å². The van der Waals surface area contributed by atoms with E-state index in [0.29, 0.717) is 25.2 Å². The van der Waals surface area contributed by atoms with Gasteiger partial charge in [0.2, 0.25) is 5.91 Å². The standard InChI is InChI=1S/C22H35ClN4O2/c1-3-26-10-7-19(8-11-26)25-20-14-21(22(28)24-9-12-29-2)27(16-20)15-17-5-4-6-18(23)13-17/h4-6,13,19-21,25H,3,7-12,14-16H2,1-2H3,(H,24,28)/t20-,21+/m1/s1. The van der Waals surface area contributed by atoms with Gasteiger partial charge < -0.3 is 20.3 Å². The van der Waals surface area contributed by atoms with Crippen LogP contribution in [0, 0.1) is 0 Å². The molecule has 2 atom stereocenters. The molecule has 2 heterocycles. The van der Waals surface area contributed by atoms with Crippen molar-refractivity contribution in [1.29, 1.82) is 0 Å². The van der Waals surface area contributed by atoms with Gasteiger partial charge in [-0.3, -0.25) is 9.69 Å². The summed E-state index contributed by atoms with van der Waals surface area (Å²) in [5.41, 5.74) is 1.14. The number of amides is 1. The zero-order chi connectivity index (χ0) is 20.6. The van der Waals surface area contributed by atoms with E-state index < -0.39 is 0 Å². The normalized spacial score (nSPS) is 24.1. The molecule has 6 nitrogen and oxygen atoms in total. The molecule has 2 saturated heterocycles. The molecule has 2 aliphatic heterocycles. The fourth-order valence-corrected chi connectivity index (χ4v) is 4.70. The van der Waals surface area contributed by atoms with Crippen LogP contribution in [0.25, 0.3) is 0 Å². The van der Waals surface area contributed by atoms with Gasteiger partial charge in [0.15, 0.2) is 0 Å². The molecule has 2 N–H and O–H groups in total. The molecule has 0 saturated carbocycles. The van der Waals surface area contributed by atoms with E-state index in [1.54, 1.807) is 7.11 Å². The van der Waals surface area contributed by atoms with Gasteiger partial charge >= 0.3 is 0 Å². The van der Waals surface area contributed by atoms with Gasteiger partial charge in [-0.2, -0.15) is 0 Å². The van der Waals surface area contributed by atoms with Crippen molar-refractivity contribution in [3.63, 3.8) is 0 Å². The number of hydrogen-bond donors (Lipinski definition) is 2. The Hall–Kier alpha value is -1.18. The number of rotatable bonds is 9. The van der Waals surface area contributed by atoms with E-state index in [2.05, 4.69) is 33.4 Å². The van der Waals surface area contributed by atoms with Crippen molar-refractivity contribution in [2.75, 3.05) is 46.4 Å². The van der Waals surface area contributed by atoms with Crippen molar-refractivity contribution in [3.8, 4) is 0 Å². The second-order valence-electron chi connectivity index (χ2n) is 8.17. The quantitative estimate of drug-likeness (QED) is 0.597. The Morgan fingerprint density at radius 2 is 2.07 bits per heavy atom. The highest BCUT2D eigenvalue weighted by atomic mass is 35.5. The number of benzene rings is 1. The molecule has 2 fully saturated rings. The predicted molar refractivity (Wildman–Crippen MR) is 117 cm³/mol. The second kappa shape index (κ2) is 11.3. The first kappa shape index (κ1) is 22.5. The molecule has 1 aromatic carbocycles. The van der Waals surface area contributed by atoms with Crippen LogP contribution in [0.15, 0.2) is 24.3 Å². The van der Waals surface area contributed by atoms with Crippen molar-refractivity contribution >= 4 is 17.5 Å². The molecule has 1 amide bonds. The lowest BCUT2D eigenvalue weighted by atomic mass is 10.0. The van der Waals surface area contributed by atoms with Gasteiger partial charge in [0.25, 0.3) is 0 Å². The summed E-state index contributed by atoms with van der Waals surface area (Å²) in [5, 5.41) is 7.60. The highest BCUT2D eigenvalue weighted by Crippen LogP contribution is 2.24. The van der Waals surface area contributed by atoms with Crippen LogP contribution in [-0.4, -0.2) is 80.3 Å². The van der Waals surface area contributed by atoms with Gasteiger partial charge in [-0.25, -0.2) is 0 Å². The Labute approximate surface area is 179 Å². The molecule has 2 aliphatic rings. The Bertz CT molecular complexity index is 651. The van der Waals surface area contributed by atoms with Gasteiger partial charge in [-0.15, -0.1) is 0 Å². The molecule has 0 spiro atoms. The topological polar surface area (TPSA) is 56.8 Å². The summed E-state index contributed by atoms with van der Waals surface area (Å²) in [7, 11) is 1.65. The second-order valence-corrected chi connectivity index (χ2v) is 8.60. The molecule has 0 aromatic heterocycles. The Morgan fingerprint density at radius 1 is 1.28 bits per heavy atom. The first-order valence-electron chi connectivity index (χ1n) is 10.8. The number of halogens is 1. The van der Waals surface area contributed by atoms with Crippen LogP contribution in [0.4, 0.5) is 0 Å². The van der Waals surface area contributed by atoms with E-state index in [0.717, 1.165) is 49.7 Å². The van der Waals surface area contributed by atoms with Crippen molar-refractivity contribution in [3.05, 3.63) is 34.9 Å². The van der Waals surface area contributed by atoms with Gasteiger partial charge in [0, 0.05) is 43.9 Å². The first-order chi connectivity index (χ1) is 14.1. The lowest BCUT2D eigenvalue weighted by Crippen LogP contribution is -2.46. The number of carbonyl (C=O) groups is 1. The van der Waals surface area contributed by atoms with Crippen LogP contribution in [0.5, 0.6) is 0 Å². The molecule has 7 heteroatoms. The monoisotopic (exact) mass is 422 g/mol. The number of likely N-dealkylation sites (tertiary alicyclic amines) is 2. The molecule has 0 unspecified atom stereocenters. The molecule has 1 aromatic rings. The smallest absolute Gasteiger partial charge is 0.237 e. The van der Waals surface area contributed by atoms with E-state index in [1.165, 1.54) is 12.8 Å². The van der Waals surface area contributed by atoms with Gasteiger partial charge in [-0.05, 0) is 56.6 Å². The molecule has 3 rings (SSSR count). The molecular weight excluding hydrogens is 388 g/mol. The van der Waals surface area contributed by atoms with Crippen LogP contribution in [0.1, 0.15) is 31.7 Å². The van der Waals surface area contributed by atoms with Gasteiger partial charge in [0.05, 0.1) is 12.6 Å². The Kier molecular flexibility index (Phi) is 8.75. The van der Waals surface area contributed by atoms with Crippen molar-refractivity contribution < 1.29 is 9.53 Å². The summed E-state index contributed by atoms with van der Waals surface area (Å²) in [4.78, 5) is 17.6. The largest absolute Gasteiger partial charge is 0.383 e. The summed E-state index contributed by atoms with van der Waals surface area (Å²) < 4.78 is 5.07. The third-order valence-corrected chi connectivity index (χ3v) is 6.33. The average molecular weight is 423 g/mol. The van der Waals surface area contributed by atoms with Crippen LogP contribution in [0.2, 0.25) is 5.02 Å². The van der Waals surface area contributed by atoms with Crippen LogP contribution < -0.4 is 10.6 Å².